The third kappa shape index (κ3) is 3.45. The van der Waals surface area contributed by atoms with Crippen molar-refractivity contribution in [2.75, 3.05) is 12.8 Å². The van der Waals surface area contributed by atoms with E-state index >= 15 is 0 Å². The first-order chi connectivity index (χ1) is 9.19. The zero-order valence-electron chi connectivity index (χ0n) is 10.6. The van der Waals surface area contributed by atoms with E-state index < -0.39 is 0 Å². The Morgan fingerprint density at radius 2 is 2.05 bits per heavy atom. The van der Waals surface area contributed by atoms with Crippen molar-refractivity contribution in [1.29, 1.82) is 0 Å². The van der Waals surface area contributed by atoms with Gasteiger partial charge >= 0.3 is 0 Å². The molecule has 0 unspecified atom stereocenters. The van der Waals surface area contributed by atoms with E-state index in [0.29, 0.717) is 18.0 Å². The Balaban J connectivity index is 2.06. The molecule has 1 heterocycles. The van der Waals surface area contributed by atoms with Crippen molar-refractivity contribution in [2.24, 2.45) is 0 Å². The normalized spacial score (nSPS) is 9.95. The molecule has 3 N–H and O–H groups in total. The number of carbonyl (C=O) groups excluding carboxylic acids is 1. The summed E-state index contributed by atoms with van der Waals surface area (Å²) in [4.78, 5) is 15.9. The highest BCUT2D eigenvalue weighted by atomic mass is 16.5. The van der Waals surface area contributed by atoms with Crippen LogP contribution in [0.2, 0.25) is 0 Å². The summed E-state index contributed by atoms with van der Waals surface area (Å²) < 4.78 is 4.98. The lowest BCUT2D eigenvalue weighted by molar-refractivity contribution is 0.0950. The van der Waals surface area contributed by atoms with E-state index in [1.807, 2.05) is 30.3 Å². The van der Waals surface area contributed by atoms with Crippen LogP contribution in [0, 0.1) is 0 Å². The molecule has 2 rings (SSSR count). The molecule has 0 spiro atoms. The van der Waals surface area contributed by atoms with Gasteiger partial charge in [0.25, 0.3) is 5.91 Å². The van der Waals surface area contributed by atoms with Gasteiger partial charge in [-0.3, -0.25) is 4.79 Å². The number of nitrogens with zero attached hydrogens (tertiary/aromatic N) is 1. The summed E-state index contributed by atoms with van der Waals surface area (Å²) in [5.74, 6) is 0.366. The first-order valence-corrected chi connectivity index (χ1v) is 5.82. The second kappa shape index (κ2) is 5.86. The van der Waals surface area contributed by atoms with Crippen LogP contribution in [0.3, 0.4) is 0 Å². The lowest BCUT2D eigenvalue weighted by Crippen LogP contribution is -2.23. The molecule has 0 atom stereocenters. The molecule has 0 aliphatic rings. The third-order valence-corrected chi connectivity index (χ3v) is 2.59. The van der Waals surface area contributed by atoms with Crippen LogP contribution in [-0.4, -0.2) is 18.0 Å². The van der Waals surface area contributed by atoms with Crippen LogP contribution in [-0.2, 0) is 6.54 Å². The summed E-state index contributed by atoms with van der Waals surface area (Å²) in [5, 5.41) is 2.82. The Hall–Kier alpha value is -2.56. The Morgan fingerprint density at radius 3 is 2.74 bits per heavy atom. The van der Waals surface area contributed by atoms with Crippen LogP contribution in [0.15, 0.2) is 42.5 Å². The van der Waals surface area contributed by atoms with Gasteiger partial charge in [0.1, 0.15) is 5.82 Å². The highest BCUT2D eigenvalue weighted by Crippen LogP contribution is 2.13. The van der Waals surface area contributed by atoms with Crippen LogP contribution < -0.4 is 15.8 Å². The number of pyridine rings is 1. The maximum absolute atomic E-state index is 12.0. The third-order valence-electron chi connectivity index (χ3n) is 2.59. The van der Waals surface area contributed by atoms with Crippen molar-refractivity contribution in [1.82, 2.24) is 10.3 Å². The van der Waals surface area contributed by atoms with Crippen molar-refractivity contribution in [3.8, 4) is 5.88 Å². The van der Waals surface area contributed by atoms with Crippen LogP contribution in [0.4, 0.5) is 5.82 Å². The van der Waals surface area contributed by atoms with E-state index in [2.05, 4.69) is 10.3 Å². The second-order valence-corrected chi connectivity index (χ2v) is 3.99. The molecule has 0 bridgehead atoms. The molecule has 1 aromatic carbocycles. The Labute approximate surface area is 111 Å². The standard InChI is InChI=1S/C14H15N3O2/c1-19-13-8-11(7-12(15)17-13)14(18)16-9-10-5-3-2-4-6-10/h2-8H,9H2,1H3,(H2,15,17)(H,16,18). The largest absolute Gasteiger partial charge is 0.481 e. The maximum Gasteiger partial charge on any atom is 0.251 e. The minimum atomic E-state index is -0.212. The highest BCUT2D eigenvalue weighted by molar-refractivity contribution is 5.95. The zero-order chi connectivity index (χ0) is 13.7. The number of benzene rings is 1. The van der Waals surface area contributed by atoms with E-state index in [1.165, 1.54) is 13.2 Å². The number of anilines is 1. The number of hydrogen-bond donors (Lipinski definition) is 2. The molecular weight excluding hydrogens is 242 g/mol. The molecule has 19 heavy (non-hydrogen) atoms. The van der Waals surface area contributed by atoms with Gasteiger partial charge in [0.2, 0.25) is 5.88 Å². The number of hydrogen-bond acceptors (Lipinski definition) is 4. The van der Waals surface area contributed by atoms with E-state index in [1.54, 1.807) is 6.07 Å². The number of methoxy groups -OCH3 is 1. The molecule has 1 amide bonds. The zero-order valence-corrected chi connectivity index (χ0v) is 10.6. The van der Waals surface area contributed by atoms with Gasteiger partial charge in [-0.25, -0.2) is 0 Å². The lowest BCUT2D eigenvalue weighted by atomic mass is 10.2. The van der Waals surface area contributed by atoms with Gasteiger partial charge in [-0.1, -0.05) is 30.3 Å². The van der Waals surface area contributed by atoms with Crippen LogP contribution >= 0.6 is 0 Å². The van der Waals surface area contributed by atoms with Crippen molar-refractivity contribution in [3.63, 3.8) is 0 Å². The number of carbonyl (C=O) groups is 1. The molecule has 5 heteroatoms. The van der Waals surface area contributed by atoms with Gasteiger partial charge in [0, 0.05) is 18.2 Å². The summed E-state index contributed by atoms with van der Waals surface area (Å²) in [5.41, 5.74) is 7.07. The number of rotatable bonds is 4. The minimum Gasteiger partial charge on any atom is -0.481 e. The van der Waals surface area contributed by atoms with Crippen molar-refractivity contribution >= 4 is 11.7 Å². The molecule has 2 aromatic rings. The summed E-state index contributed by atoms with van der Waals surface area (Å²) in [6.45, 7) is 0.463. The summed E-state index contributed by atoms with van der Waals surface area (Å²) >= 11 is 0. The minimum absolute atomic E-state index is 0.212. The summed E-state index contributed by atoms with van der Waals surface area (Å²) in [7, 11) is 1.48. The number of aromatic nitrogens is 1. The molecule has 1 aromatic heterocycles. The van der Waals surface area contributed by atoms with Gasteiger partial charge in [-0.05, 0) is 11.6 Å². The van der Waals surface area contributed by atoms with E-state index in [9.17, 15) is 4.79 Å². The van der Waals surface area contributed by atoms with Gasteiger partial charge < -0.3 is 15.8 Å². The summed E-state index contributed by atoms with van der Waals surface area (Å²) in [6.07, 6.45) is 0. The SMILES string of the molecule is COc1cc(C(=O)NCc2ccccc2)cc(N)n1. The van der Waals surface area contributed by atoms with Crippen molar-refractivity contribution < 1.29 is 9.53 Å². The Bertz CT molecular complexity index is 570. The monoisotopic (exact) mass is 257 g/mol. The fourth-order valence-electron chi connectivity index (χ4n) is 1.64. The van der Waals surface area contributed by atoms with Crippen molar-refractivity contribution in [3.05, 3.63) is 53.6 Å². The molecule has 0 saturated heterocycles. The topological polar surface area (TPSA) is 77.2 Å². The average Bonchev–Trinajstić information content (AvgIpc) is 2.45. The van der Waals surface area contributed by atoms with E-state index in [-0.39, 0.29) is 11.7 Å². The fourth-order valence-corrected chi connectivity index (χ4v) is 1.64. The Morgan fingerprint density at radius 1 is 1.32 bits per heavy atom. The van der Waals surface area contributed by atoms with Crippen LogP contribution in [0.5, 0.6) is 5.88 Å². The van der Waals surface area contributed by atoms with Crippen LogP contribution in [0.1, 0.15) is 15.9 Å². The quantitative estimate of drug-likeness (QED) is 0.872. The molecule has 0 aliphatic heterocycles. The molecular formula is C14H15N3O2. The van der Waals surface area contributed by atoms with Crippen LogP contribution in [0.25, 0.3) is 0 Å². The number of ether oxygens (including phenoxy) is 1. The molecule has 0 aliphatic carbocycles. The van der Waals surface area contributed by atoms with Gasteiger partial charge in [0.15, 0.2) is 0 Å². The second-order valence-electron chi connectivity index (χ2n) is 3.99. The van der Waals surface area contributed by atoms with Crippen molar-refractivity contribution in [2.45, 2.75) is 6.54 Å². The first kappa shape index (κ1) is 12.9. The lowest BCUT2D eigenvalue weighted by Gasteiger charge is -2.07. The maximum atomic E-state index is 12.0. The molecule has 0 radical (unpaired) electrons. The number of amides is 1. The molecule has 98 valence electrons. The smallest absolute Gasteiger partial charge is 0.251 e. The predicted octanol–water partition coefficient (Wildman–Crippen LogP) is 1.60. The van der Waals surface area contributed by atoms with Gasteiger partial charge in [-0.2, -0.15) is 4.98 Å². The fraction of sp³-hybridized carbons (Fsp3) is 0.143. The van der Waals surface area contributed by atoms with Gasteiger partial charge in [-0.15, -0.1) is 0 Å². The first-order valence-electron chi connectivity index (χ1n) is 5.82. The van der Waals surface area contributed by atoms with E-state index in [4.69, 9.17) is 10.5 Å². The molecule has 0 saturated carbocycles. The predicted molar refractivity (Wildman–Crippen MR) is 72.8 cm³/mol. The molecule has 5 nitrogen and oxygen atoms in total. The summed E-state index contributed by atoms with van der Waals surface area (Å²) in [6, 6.07) is 12.7. The van der Waals surface area contributed by atoms with Gasteiger partial charge in [0.05, 0.1) is 7.11 Å². The number of nitrogen functional groups attached to an aromatic ring is 1. The Kier molecular flexibility index (Phi) is 3.97. The number of nitrogens with one attached hydrogen (secondary N) is 1. The number of nitrogens with two attached hydrogens (primary N) is 1. The molecule has 0 fully saturated rings. The average molecular weight is 257 g/mol. The van der Waals surface area contributed by atoms with E-state index in [0.717, 1.165) is 5.56 Å². The highest BCUT2D eigenvalue weighted by Gasteiger charge is 2.09.